The van der Waals surface area contributed by atoms with Crippen LogP contribution in [0.25, 0.3) is 11.1 Å². The van der Waals surface area contributed by atoms with Gasteiger partial charge in [0, 0.05) is 17.7 Å². The Morgan fingerprint density at radius 2 is 1.84 bits per heavy atom. The molecule has 2 N–H and O–H groups in total. The van der Waals surface area contributed by atoms with Crippen molar-refractivity contribution in [1.82, 2.24) is 20.2 Å². The van der Waals surface area contributed by atoms with Crippen LogP contribution in [0.3, 0.4) is 0 Å². The number of nitrogens with zero attached hydrogens (tertiary/aromatic N) is 5. The zero-order valence-electron chi connectivity index (χ0n) is 13.6. The average Bonchev–Trinajstić information content (AvgIpc) is 3.09. The second-order valence-corrected chi connectivity index (χ2v) is 5.99. The molecule has 1 atom stereocenters. The summed E-state index contributed by atoms with van der Waals surface area (Å²) in [4.78, 5) is 16.3. The maximum absolute atomic E-state index is 11.9. The van der Waals surface area contributed by atoms with Gasteiger partial charge >= 0.3 is 0 Å². The number of carbonyl (C=O) groups is 1. The molecule has 25 heavy (non-hydrogen) atoms. The molecule has 7 nitrogen and oxygen atoms in total. The molecule has 1 unspecified atom stereocenters. The van der Waals surface area contributed by atoms with Crippen LogP contribution in [0.1, 0.15) is 35.3 Å². The van der Waals surface area contributed by atoms with Gasteiger partial charge in [0.25, 0.3) is 5.95 Å². The molecule has 1 aliphatic rings. The molecule has 0 spiro atoms. The summed E-state index contributed by atoms with van der Waals surface area (Å²) in [5.41, 5.74) is 9.80. The van der Waals surface area contributed by atoms with Crippen molar-refractivity contribution in [3.05, 3.63) is 59.7 Å². The zero-order chi connectivity index (χ0) is 17.4. The highest BCUT2D eigenvalue weighted by atomic mass is 16.1. The van der Waals surface area contributed by atoms with Crippen molar-refractivity contribution in [1.29, 1.82) is 0 Å². The Morgan fingerprint density at radius 1 is 1.12 bits per heavy atom. The van der Waals surface area contributed by atoms with Crippen molar-refractivity contribution in [2.24, 2.45) is 10.7 Å². The Bertz CT molecular complexity index is 990. The lowest BCUT2D eigenvalue weighted by Gasteiger charge is -2.24. The first-order chi connectivity index (χ1) is 12.1. The van der Waals surface area contributed by atoms with Crippen molar-refractivity contribution in [3.8, 4) is 11.1 Å². The molecular formula is C18H16N6O. The summed E-state index contributed by atoms with van der Waals surface area (Å²) >= 11 is 0. The van der Waals surface area contributed by atoms with E-state index in [0.29, 0.717) is 17.9 Å². The van der Waals surface area contributed by atoms with Crippen LogP contribution < -0.4 is 5.73 Å². The minimum absolute atomic E-state index is 0.0837. The first-order valence-electron chi connectivity index (χ1n) is 7.95. The minimum atomic E-state index is -0.449. The number of carbonyl (C=O) groups excluding carboxylic acids is 1. The van der Waals surface area contributed by atoms with Crippen LogP contribution >= 0.6 is 0 Å². The number of primary amides is 1. The number of benzene rings is 2. The first kappa shape index (κ1) is 15.2. The number of hydrogen-bond donors (Lipinski definition) is 1. The number of rotatable bonds is 3. The van der Waals surface area contributed by atoms with E-state index in [-0.39, 0.29) is 6.04 Å². The quantitative estimate of drug-likeness (QED) is 0.796. The van der Waals surface area contributed by atoms with E-state index in [4.69, 9.17) is 5.73 Å². The molecule has 0 fully saturated rings. The molecule has 0 radical (unpaired) electrons. The van der Waals surface area contributed by atoms with E-state index in [1.165, 1.54) is 0 Å². The zero-order valence-corrected chi connectivity index (χ0v) is 13.6. The molecule has 0 aliphatic carbocycles. The fourth-order valence-electron chi connectivity index (χ4n) is 3.25. The van der Waals surface area contributed by atoms with Gasteiger partial charge in [-0.05, 0) is 40.1 Å². The smallest absolute Gasteiger partial charge is 0.269 e. The Labute approximate surface area is 144 Å². The number of aromatic nitrogens is 4. The van der Waals surface area contributed by atoms with E-state index in [1.54, 1.807) is 10.7 Å². The highest BCUT2D eigenvalue weighted by Gasteiger charge is 2.27. The number of amides is 1. The lowest BCUT2D eigenvalue weighted by atomic mass is 9.89. The SMILES string of the molecule is CC1=Nc2nnnn2C(c2ccccc2-c2ccccc2C(N)=O)C1. The predicted octanol–water partition coefficient (Wildman–Crippen LogP) is 2.52. The van der Waals surface area contributed by atoms with Gasteiger partial charge in [0.1, 0.15) is 0 Å². The van der Waals surface area contributed by atoms with E-state index in [9.17, 15) is 4.79 Å². The highest BCUT2D eigenvalue weighted by molar-refractivity contribution is 6.00. The van der Waals surface area contributed by atoms with Crippen LogP contribution in [0, 0.1) is 0 Å². The van der Waals surface area contributed by atoms with Crippen LogP contribution in [-0.2, 0) is 0 Å². The van der Waals surface area contributed by atoms with Gasteiger partial charge in [-0.3, -0.25) is 4.79 Å². The van der Waals surface area contributed by atoms with Crippen LogP contribution in [0.15, 0.2) is 53.5 Å². The first-order valence-corrected chi connectivity index (χ1v) is 7.95. The van der Waals surface area contributed by atoms with Crippen LogP contribution in [0.2, 0.25) is 0 Å². The standard InChI is InChI=1S/C18H16N6O/c1-11-10-16(24-18(20-11)21-22-23-24)14-8-4-2-6-12(14)13-7-3-5-9-15(13)17(19)25/h2-9,16H,10H2,1H3,(H2,19,25). The molecule has 0 saturated carbocycles. The van der Waals surface area contributed by atoms with E-state index in [0.717, 1.165) is 22.4 Å². The van der Waals surface area contributed by atoms with Gasteiger partial charge in [0.05, 0.1) is 6.04 Å². The van der Waals surface area contributed by atoms with Crippen LogP contribution in [0.4, 0.5) is 5.95 Å². The van der Waals surface area contributed by atoms with Crippen LogP contribution in [-0.4, -0.2) is 31.8 Å². The molecule has 2 aromatic carbocycles. The number of fused-ring (bicyclic) bond motifs is 1. The number of aliphatic imine (C=N–C) groups is 1. The molecule has 2 heterocycles. The monoisotopic (exact) mass is 332 g/mol. The molecule has 1 aliphatic heterocycles. The molecule has 1 amide bonds. The second-order valence-electron chi connectivity index (χ2n) is 5.99. The molecule has 0 saturated heterocycles. The summed E-state index contributed by atoms with van der Waals surface area (Å²) in [7, 11) is 0. The summed E-state index contributed by atoms with van der Waals surface area (Å²) in [6.45, 7) is 1.96. The van der Waals surface area contributed by atoms with Gasteiger partial charge in [-0.2, -0.15) is 0 Å². The Kier molecular flexibility index (Phi) is 3.61. The van der Waals surface area contributed by atoms with Crippen molar-refractivity contribution in [2.45, 2.75) is 19.4 Å². The lowest BCUT2D eigenvalue weighted by molar-refractivity contribution is 0.100. The van der Waals surface area contributed by atoms with Crippen molar-refractivity contribution < 1.29 is 4.79 Å². The topological polar surface area (TPSA) is 99.1 Å². The summed E-state index contributed by atoms with van der Waals surface area (Å²) in [6, 6.07) is 15.2. The maximum atomic E-state index is 11.9. The maximum Gasteiger partial charge on any atom is 0.269 e. The normalized spacial score (nSPS) is 16.2. The van der Waals surface area contributed by atoms with Gasteiger partial charge in [-0.1, -0.05) is 47.6 Å². The van der Waals surface area contributed by atoms with E-state index in [2.05, 4.69) is 20.5 Å². The molecule has 7 heteroatoms. The summed E-state index contributed by atoms with van der Waals surface area (Å²) in [5.74, 6) is 0.0432. The molecule has 4 rings (SSSR count). The third kappa shape index (κ3) is 2.59. The summed E-state index contributed by atoms with van der Waals surface area (Å²) in [6.07, 6.45) is 0.702. The molecule has 124 valence electrons. The summed E-state index contributed by atoms with van der Waals surface area (Å²) < 4.78 is 1.72. The third-order valence-electron chi connectivity index (χ3n) is 4.35. The molecular weight excluding hydrogens is 316 g/mol. The second kappa shape index (κ2) is 5.94. The number of tetrazole rings is 1. The third-order valence-corrected chi connectivity index (χ3v) is 4.35. The van der Waals surface area contributed by atoms with Crippen LogP contribution in [0.5, 0.6) is 0 Å². The number of hydrogen-bond acceptors (Lipinski definition) is 5. The summed E-state index contributed by atoms with van der Waals surface area (Å²) in [5, 5.41) is 11.8. The Balaban J connectivity index is 1.90. The molecule has 0 bridgehead atoms. The van der Waals surface area contributed by atoms with E-state index in [1.807, 2.05) is 49.4 Å². The lowest BCUT2D eigenvalue weighted by Crippen LogP contribution is -2.20. The highest BCUT2D eigenvalue weighted by Crippen LogP contribution is 2.36. The minimum Gasteiger partial charge on any atom is -0.366 e. The van der Waals surface area contributed by atoms with Crippen molar-refractivity contribution in [3.63, 3.8) is 0 Å². The largest absolute Gasteiger partial charge is 0.366 e. The van der Waals surface area contributed by atoms with Gasteiger partial charge in [0.2, 0.25) is 5.91 Å². The van der Waals surface area contributed by atoms with Crippen molar-refractivity contribution >= 4 is 17.6 Å². The fourth-order valence-corrected chi connectivity index (χ4v) is 3.25. The van der Waals surface area contributed by atoms with E-state index < -0.39 is 5.91 Å². The van der Waals surface area contributed by atoms with E-state index >= 15 is 0 Å². The molecule has 3 aromatic rings. The number of nitrogens with two attached hydrogens (primary N) is 1. The van der Waals surface area contributed by atoms with Crippen molar-refractivity contribution in [2.75, 3.05) is 0 Å². The molecule has 1 aromatic heterocycles. The van der Waals surface area contributed by atoms with Gasteiger partial charge < -0.3 is 5.73 Å². The van der Waals surface area contributed by atoms with Gasteiger partial charge in [-0.15, -0.1) is 0 Å². The average molecular weight is 332 g/mol. The van der Waals surface area contributed by atoms with Gasteiger partial charge in [0.15, 0.2) is 0 Å². The Hall–Kier alpha value is -3.35. The Morgan fingerprint density at radius 3 is 2.64 bits per heavy atom. The predicted molar refractivity (Wildman–Crippen MR) is 93.7 cm³/mol. The van der Waals surface area contributed by atoms with Gasteiger partial charge in [-0.25, -0.2) is 9.67 Å². The fraction of sp³-hybridized carbons (Fsp3) is 0.167.